The molecule has 0 aliphatic carbocycles. The van der Waals surface area contributed by atoms with Crippen LogP contribution in [0.1, 0.15) is 31.3 Å². The van der Waals surface area contributed by atoms with Crippen LogP contribution < -0.4 is 14.8 Å². The van der Waals surface area contributed by atoms with Gasteiger partial charge in [0.05, 0.1) is 19.3 Å². The van der Waals surface area contributed by atoms with Crippen LogP contribution >= 0.6 is 0 Å². The minimum Gasteiger partial charge on any atom is -0.493 e. The molecule has 0 fully saturated rings. The maximum absolute atomic E-state index is 12.3. The Morgan fingerprint density at radius 1 is 1.25 bits per heavy atom. The highest BCUT2D eigenvalue weighted by atomic mass is 16.5. The van der Waals surface area contributed by atoms with E-state index in [9.17, 15) is 4.79 Å². The first-order valence-corrected chi connectivity index (χ1v) is 8.02. The smallest absolute Gasteiger partial charge is 0.244 e. The van der Waals surface area contributed by atoms with E-state index < -0.39 is 0 Å². The van der Waals surface area contributed by atoms with Crippen molar-refractivity contribution in [2.75, 3.05) is 13.7 Å². The highest BCUT2D eigenvalue weighted by Gasteiger charge is 2.18. The predicted molar refractivity (Wildman–Crippen MR) is 92.5 cm³/mol. The monoisotopic (exact) mass is 331 g/mol. The van der Waals surface area contributed by atoms with Gasteiger partial charge in [0, 0.05) is 5.69 Å². The van der Waals surface area contributed by atoms with Gasteiger partial charge in [-0.15, -0.1) is 0 Å². The van der Waals surface area contributed by atoms with Crippen molar-refractivity contribution >= 4 is 5.91 Å². The molecule has 0 saturated carbocycles. The average Bonchev–Trinajstić information content (AvgIpc) is 2.90. The van der Waals surface area contributed by atoms with Crippen molar-refractivity contribution in [1.82, 2.24) is 15.1 Å². The molecule has 1 aromatic heterocycles. The minimum atomic E-state index is -0.364. The number of nitrogens with zero attached hydrogens (tertiary/aromatic N) is 2. The molecular weight excluding hydrogens is 306 g/mol. The van der Waals surface area contributed by atoms with Crippen molar-refractivity contribution in [3.05, 3.63) is 41.7 Å². The number of carbonyl (C=O) groups is 1. The van der Waals surface area contributed by atoms with Gasteiger partial charge in [-0.05, 0) is 45.9 Å². The number of rotatable bonds is 7. The molecule has 2 rings (SSSR count). The largest absolute Gasteiger partial charge is 0.493 e. The van der Waals surface area contributed by atoms with E-state index in [4.69, 9.17) is 9.47 Å². The van der Waals surface area contributed by atoms with Gasteiger partial charge in [0.1, 0.15) is 12.1 Å². The van der Waals surface area contributed by atoms with E-state index in [0.29, 0.717) is 18.0 Å². The molecule has 1 N–H and O–H groups in total. The molecule has 0 aliphatic heterocycles. The molecule has 1 amide bonds. The predicted octanol–water partition coefficient (Wildman–Crippen LogP) is 2.65. The summed E-state index contributed by atoms with van der Waals surface area (Å²) in [5, 5.41) is 7.27. The van der Waals surface area contributed by atoms with Crippen LogP contribution in [0.2, 0.25) is 0 Å². The number of para-hydroxylation sites is 2. The van der Waals surface area contributed by atoms with Gasteiger partial charge >= 0.3 is 0 Å². The van der Waals surface area contributed by atoms with Gasteiger partial charge < -0.3 is 14.8 Å². The van der Waals surface area contributed by atoms with Crippen LogP contribution in [0, 0.1) is 13.8 Å². The Hall–Kier alpha value is -2.50. The maximum Gasteiger partial charge on any atom is 0.244 e. The molecule has 0 aliphatic rings. The molecule has 6 heteroatoms. The van der Waals surface area contributed by atoms with Crippen LogP contribution in [0.3, 0.4) is 0 Å². The summed E-state index contributed by atoms with van der Waals surface area (Å²) in [4.78, 5) is 12.3. The number of nitrogens with one attached hydrogen (secondary N) is 1. The topological polar surface area (TPSA) is 65.4 Å². The molecule has 2 atom stereocenters. The maximum atomic E-state index is 12.3. The number of benzene rings is 1. The zero-order chi connectivity index (χ0) is 17.7. The van der Waals surface area contributed by atoms with Crippen LogP contribution in [0.4, 0.5) is 0 Å². The number of aryl methyl sites for hydroxylation is 2. The highest BCUT2D eigenvalue weighted by molar-refractivity contribution is 5.79. The van der Waals surface area contributed by atoms with Crippen molar-refractivity contribution in [3.8, 4) is 11.5 Å². The third-order valence-electron chi connectivity index (χ3n) is 3.75. The molecule has 0 unspecified atom stereocenters. The van der Waals surface area contributed by atoms with Gasteiger partial charge in [0.15, 0.2) is 11.5 Å². The molecule has 0 saturated heterocycles. The summed E-state index contributed by atoms with van der Waals surface area (Å²) in [7, 11) is 1.60. The van der Waals surface area contributed by atoms with Gasteiger partial charge in [-0.25, -0.2) is 0 Å². The lowest BCUT2D eigenvalue weighted by molar-refractivity contribution is -0.124. The summed E-state index contributed by atoms with van der Waals surface area (Å²) in [6.45, 7) is 8.00. The summed E-state index contributed by atoms with van der Waals surface area (Å²) in [5.74, 6) is 1.25. The Kier molecular flexibility index (Phi) is 5.84. The van der Waals surface area contributed by atoms with Gasteiger partial charge in [-0.1, -0.05) is 12.1 Å². The standard InChI is InChI=1S/C18H25N3O3/c1-12-10-13(2)21(20-12)15(4)18(22)19-11-14(3)24-17-9-7-6-8-16(17)23-5/h6-10,14-15H,11H2,1-5H3,(H,19,22)/t14-,15-/m1/s1. The molecule has 6 nitrogen and oxygen atoms in total. The fraction of sp³-hybridized carbons (Fsp3) is 0.444. The van der Waals surface area contributed by atoms with Crippen LogP contribution in [0.15, 0.2) is 30.3 Å². The van der Waals surface area contributed by atoms with E-state index in [1.807, 2.05) is 58.0 Å². The first-order chi connectivity index (χ1) is 11.4. The molecule has 24 heavy (non-hydrogen) atoms. The summed E-state index contributed by atoms with van der Waals surface area (Å²) >= 11 is 0. The second-order valence-electron chi connectivity index (χ2n) is 5.87. The Morgan fingerprint density at radius 2 is 1.92 bits per heavy atom. The van der Waals surface area contributed by atoms with E-state index in [-0.39, 0.29) is 18.1 Å². The molecule has 2 aromatic rings. The molecule has 1 heterocycles. The number of methoxy groups -OCH3 is 1. The van der Waals surface area contributed by atoms with Crippen molar-refractivity contribution in [3.63, 3.8) is 0 Å². The lowest BCUT2D eigenvalue weighted by Crippen LogP contribution is -2.38. The normalized spacial score (nSPS) is 13.2. The number of hydrogen-bond acceptors (Lipinski definition) is 4. The van der Waals surface area contributed by atoms with Crippen molar-refractivity contribution < 1.29 is 14.3 Å². The summed E-state index contributed by atoms with van der Waals surface area (Å²) in [6.07, 6.45) is -0.182. The second kappa shape index (κ2) is 7.86. The molecular formula is C18H25N3O3. The van der Waals surface area contributed by atoms with Crippen LogP contribution in [-0.4, -0.2) is 35.4 Å². The van der Waals surface area contributed by atoms with Crippen molar-refractivity contribution in [1.29, 1.82) is 0 Å². The van der Waals surface area contributed by atoms with Gasteiger partial charge in [-0.3, -0.25) is 9.48 Å². The van der Waals surface area contributed by atoms with Crippen molar-refractivity contribution in [2.24, 2.45) is 0 Å². The first-order valence-electron chi connectivity index (χ1n) is 8.02. The molecule has 0 bridgehead atoms. The SMILES string of the molecule is COc1ccccc1O[C@H](C)CNC(=O)[C@@H](C)n1nc(C)cc1C. The first kappa shape index (κ1) is 17.8. The fourth-order valence-electron chi connectivity index (χ4n) is 2.52. The van der Waals surface area contributed by atoms with E-state index in [0.717, 1.165) is 11.4 Å². The average molecular weight is 331 g/mol. The highest BCUT2D eigenvalue weighted by Crippen LogP contribution is 2.26. The quantitative estimate of drug-likeness (QED) is 0.847. The summed E-state index contributed by atoms with van der Waals surface area (Å²) in [5.41, 5.74) is 1.87. The number of carbonyl (C=O) groups excluding carboxylic acids is 1. The third kappa shape index (κ3) is 4.28. The zero-order valence-corrected chi connectivity index (χ0v) is 14.9. The number of amides is 1. The van der Waals surface area contributed by atoms with Crippen LogP contribution in [0.5, 0.6) is 11.5 Å². The lowest BCUT2D eigenvalue weighted by atomic mass is 10.3. The molecule has 0 radical (unpaired) electrons. The lowest BCUT2D eigenvalue weighted by Gasteiger charge is -2.19. The Bertz CT molecular complexity index is 697. The second-order valence-corrected chi connectivity index (χ2v) is 5.87. The van der Waals surface area contributed by atoms with Crippen molar-refractivity contribution in [2.45, 2.75) is 39.8 Å². The number of hydrogen-bond donors (Lipinski definition) is 1. The molecule has 130 valence electrons. The molecule has 0 spiro atoms. The summed E-state index contributed by atoms with van der Waals surface area (Å²) in [6, 6.07) is 9.04. The van der Waals surface area contributed by atoms with Gasteiger partial charge in [-0.2, -0.15) is 5.10 Å². The van der Waals surface area contributed by atoms with E-state index in [2.05, 4.69) is 10.4 Å². The minimum absolute atomic E-state index is 0.0864. The van der Waals surface area contributed by atoms with E-state index in [1.165, 1.54) is 0 Å². The number of ether oxygens (including phenoxy) is 2. The Morgan fingerprint density at radius 3 is 2.50 bits per heavy atom. The third-order valence-corrected chi connectivity index (χ3v) is 3.75. The zero-order valence-electron chi connectivity index (χ0n) is 14.9. The van der Waals surface area contributed by atoms with Crippen LogP contribution in [0.25, 0.3) is 0 Å². The number of aromatic nitrogens is 2. The van der Waals surface area contributed by atoms with Gasteiger partial charge in [0.25, 0.3) is 0 Å². The fourth-order valence-corrected chi connectivity index (χ4v) is 2.52. The summed E-state index contributed by atoms with van der Waals surface area (Å²) < 4.78 is 12.8. The molecule has 1 aromatic carbocycles. The Labute approximate surface area is 142 Å². The Balaban J connectivity index is 1.90. The van der Waals surface area contributed by atoms with Crippen LogP contribution in [-0.2, 0) is 4.79 Å². The van der Waals surface area contributed by atoms with Gasteiger partial charge in [0.2, 0.25) is 5.91 Å². The van der Waals surface area contributed by atoms with E-state index >= 15 is 0 Å². The van der Waals surface area contributed by atoms with E-state index in [1.54, 1.807) is 11.8 Å².